The molecule has 11 heteroatoms. The quantitative estimate of drug-likeness (QED) is 0.384. The molecule has 1 fully saturated rings. The first-order chi connectivity index (χ1) is 16.9. The minimum atomic E-state index is -1.57. The summed E-state index contributed by atoms with van der Waals surface area (Å²) in [4.78, 5) is 0. The van der Waals surface area contributed by atoms with E-state index in [9.17, 15) is 20.4 Å². The summed E-state index contributed by atoms with van der Waals surface area (Å²) in [6, 6.07) is 7.31. The molecule has 0 bridgehead atoms. The third-order valence-electron chi connectivity index (χ3n) is 6.02. The predicted octanol–water partition coefficient (Wildman–Crippen LogP) is 0.405. The lowest BCUT2D eigenvalue weighted by molar-refractivity contribution is -0.277. The van der Waals surface area contributed by atoms with Crippen LogP contribution in [0.3, 0.4) is 0 Å². The number of aryl methyl sites for hydroxylation is 2. The van der Waals surface area contributed by atoms with Crippen molar-refractivity contribution in [3.63, 3.8) is 0 Å². The number of rotatable bonds is 9. The second kappa shape index (κ2) is 10.8. The van der Waals surface area contributed by atoms with Gasteiger partial charge in [-0.25, -0.2) is 0 Å². The number of benzene rings is 2. The van der Waals surface area contributed by atoms with Crippen LogP contribution in [0.15, 0.2) is 24.3 Å². The summed E-state index contributed by atoms with van der Waals surface area (Å²) in [6.07, 6.45) is -5.88. The van der Waals surface area contributed by atoms with Gasteiger partial charge in [-0.15, -0.1) is 0 Å². The van der Waals surface area contributed by atoms with Gasteiger partial charge in [0.05, 0.1) is 27.9 Å². The molecule has 35 heavy (non-hydrogen) atoms. The Morgan fingerprint density at radius 3 is 2.11 bits per heavy atom. The summed E-state index contributed by atoms with van der Waals surface area (Å²) in [5.74, 6) is 2.66. The van der Waals surface area contributed by atoms with E-state index in [4.69, 9.17) is 33.2 Å². The summed E-state index contributed by atoms with van der Waals surface area (Å²) in [6.45, 7) is -0.423. The van der Waals surface area contributed by atoms with Crippen LogP contribution < -0.4 is 28.4 Å². The zero-order valence-electron chi connectivity index (χ0n) is 19.7. The molecule has 0 saturated carbocycles. The van der Waals surface area contributed by atoms with Gasteiger partial charge in [-0.05, 0) is 48.2 Å². The van der Waals surface area contributed by atoms with Crippen molar-refractivity contribution in [2.24, 2.45) is 0 Å². The monoisotopic (exact) mass is 494 g/mol. The van der Waals surface area contributed by atoms with Gasteiger partial charge in [0.15, 0.2) is 23.0 Å². The molecule has 2 aliphatic heterocycles. The van der Waals surface area contributed by atoms with Gasteiger partial charge in [-0.1, -0.05) is 0 Å². The predicted molar refractivity (Wildman–Crippen MR) is 120 cm³/mol. The molecule has 5 atom stereocenters. The van der Waals surface area contributed by atoms with Crippen LogP contribution in [0.25, 0.3) is 0 Å². The number of aliphatic hydroxyl groups is 4. The SMILES string of the molecule is COc1cc(CCc2cc(OC)c3c(c2)OCO3)cc(O[C@@H]2O[C@H](CO)[C@@H](O)[C@H](O)[C@H]2O)c1OC. The molecule has 0 aliphatic carbocycles. The molecule has 0 radical (unpaired) electrons. The molecule has 0 aromatic heterocycles. The van der Waals surface area contributed by atoms with Crippen LogP contribution in [-0.4, -0.2) is 85.9 Å². The zero-order valence-corrected chi connectivity index (χ0v) is 19.7. The molecule has 192 valence electrons. The van der Waals surface area contributed by atoms with Crippen molar-refractivity contribution in [3.8, 4) is 34.5 Å². The van der Waals surface area contributed by atoms with E-state index in [1.807, 2.05) is 18.2 Å². The maximum atomic E-state index is 10.4. The van der Waals surface area contributed by atoms with E-state index in [0.717, 1.165) is 11.1 Å². The largest absolute Gasteiger partial charge is 0.493 e. The second-order valence-electron chi connectivity index (χ2n) is 8.18. The van der Waals surface area contributed by atoms with Gasteiger partial charge in [-0.2, -0.15) is 0 Å². The number of hydrogen-bond donors (Lipinski definition) is 4. The fourth-order valence-corrected chi connectivity index (χ4v) is 4.12. The highest BCUT2D eigenvalue weighted by atomic mass is 16.7. The van der Waals surface area contributed by atoms with E-state index in [2.05, 4.69) is 0 Å². The number of hydrogen-bond acceptors (Lipinski definition) is 11. The van der Waals surface area contributed by atoms with Crippen LogP contribution in [0.2, 0.25) is 0 Å². The first kappa shape index (κ1) is 25.1. The minimum Gasteiger partial charge on any atom is -0.493 e. The van der Waals surface area contributed by atoms with E-state index in [1.165, 1.54) is 14.2 Å². The van der Waals surface area contributed by atoms with Gasteiger partial charge < -0.3 is 53.6 Å². The van der Waals surface area contributed by atoms with E-state index < -0.39 is 37.3 Å². The average Bonchev–Trinajstić information content (AvgIpc) is 3.35. The lowest BCUT2D eigenvalue weighted by Gasteiger charge is -2.39. The van der Waals surface area contributed by atoms with Gasteiger partial charge in [0.2, 0.25) is 24.6 Å². The number of aliphatic hydroxyl groups excluding tert-OH is 4. The molecule has 1 saturated heterocycles. The summed E-state index contributed by atoms with van der Waals surface area (Å²) in [5.41, 5.74) is 1.80. The summed E-state index contributed by atoms with van der Waals surface area (Å²) in [5, 5.41) is 39.9. The lowest BCUT2D eigenvalue weighted by atomic mass is 9.99. The average molecular weight is 494 g/mol. The second-order valence-corrected chi connectivity index (χ2v) is 8.18. The van der Waals surface area contributed by atoms with Gasteiger partial charge in [0.1, 0.15) is 24.4 Å². The van der Waals surface area contributed by atoms with Crippen molar-refractivity contribution in [1.82, 2.24) is 0 Å². The van der Waals surface area contributed by atoms with E-state index >= 15 is 0 Å². The Morgan fingerprint density at radius 1 is 0.800 bits per heavy atom. The Labute approximate surface area is 202 Å². The molecular weight excluding hydrogens is 464 g/mol. The molecule has 2 aliphatic rings. The Balaban J connectivity index is 1.57. The minimum absolute atomic E-state index is 0.142. The summed E-state index contributed by atoms with van der Waals surface area (Å²) in [7, 11) is 4.50. The first-order valence-corrected chi connectivity index (χ1v) is 11.1. The maximum Gasteiger partial charge on any atom is 0.231 e. The fourth-order valence-electron chi connectivity index (χ4n) is 4.12. The van der Waals surface area contributed by atoms with Crippen molar-refractivity contribution < 1.29 is 53.6 Å². The summed E-state index contributed by atoms with van der Waals surface area (Å²) >= 11 is 0. The molecule has 0 unspecified atom stereocenters. The highest BCUT2D eigenvalue weighted by Crippen LogP contribution is 2.43. The van der Waals surface area contributed by atoms with Crippen LogP contribution in [0.5, 0.6) is 34.5 Å². The topological polar surface area (TPSA) is 146 Å². The Morgan fingerprint density at radius 2 is 1.46 bits per heavy atom. The highest BCUT2D eigenvalue weighted by Gasteiger charge is 2.45. The Hall–Kier alpha value is -2.96. The number of ether oxygens (including phenoxy) is 7. The van der Waals surface area contributed by atoms with Crippen molar-refractivity contribution in [2.75, 3.05) is 34.7 Å². The van der Waals surface area contributed by atoms with Crippen LogP contribution in [0, 0.1) is 0 Å². The Kier molecular flexibility index (Phi) is 7.72. The van der Waals surface area contributed by atoms with Crippen LogP contribution in [-0.2, 0) is 17.6 Å². The Bertz CT molecular complexity index is 1030. The molecule has 2 heterocycles. The van der Waals surface area contributed by atoms with Crippen molar-refractivity contribution >= 4 is 0 Å². The third kappa shape index (κ3) is 5.04. The first-order valence-electron chi connectivity index (χ1n) is 11.1. The zero-order chi connectivity index (χ0) is 25.1. The fraction of sp³-hybridized carbons (Fsp3) is 0.500. The van der Waals surface area contributed by atoms with Crippen LogP contribution in [0.4, 0.5) is 0 Å². The molecule has 2 aromatic carbocycles. The molecule has 0 amide bonds. The standard InChI is InChI=1S/C24H30O11/c1-29-14-6-13(5-4-12-7-15(30-2)23-16(8-12)32-11-33-23)9-17(22(14)31-3)34-24-21(28)20(27)19(26)18(10-25)35-24/h6-9,18-21,24-28H,4-5,10-11H2,1-3H3/t18-,19-,20+,21-,24-/m1/s1. The van der Waals surface area contributed by atoms with E-state index in [0.29, 0.717) is 35.8 Å². The summed E-state index contributed by atoms with van der Waals surface area (Å²) < 4.78 is 38.6. The third-order valence-corrected chi connectivity index (χ3v) is 6.02. The normalized spacial score (nSPS) is 25.3. The smallest absolute Gasteiger partial charge is 0.231 e. The highest BCUT2D eigenvalue weighted by molar-refractivity contribution is 5.56. The van der Waals surface area contributed by atoms with E-state index in [1.54, 1.807) is 13.2 Å². The molecule has 4 rings (SSSR count). The molecule has 4 N–H and O–H groups in total. The van der Waals surface area contributed by atoms with Gasteiger partial charge in [0.25, 0.3) is 0 Å². The molecule has 11 nitrogen and oxygen atoms in total. The molecule has 2 aromatic rings. The van der Waals surface area contributed by atoms with Gasteiger partial charge >= 0.3 is 0 Å². The van der Waals surface area contributed by atoms with Crippen molar-refractivity contribution in [2.45, 2.75) is 43.5 Å². The molecule has 0 spiro atoms. The van der Waals surface area contributed by atoms with Gasteiger partial charge in [-0.3, -0.25) is 0 Å². The van der Waals surface area contributed by atoms with Gasteiger partial charge in [0, 0.05) is 0 Å². The van der Waals surface area contributed by atoms with Crippen LogP contribution in [0.1, 0.15) is 11.1 Å². The lowest BCUT2D eigenvalue weighted by Crippen LogP contribution is -2.60. The maximum absolute atomic E-state index is 10.4. The van der Waals surface area contributed by atoms with Crippen molar-refractivity contribution in [3.05, 3.63) is 35.4 Å². The number of fused-ring (bicyclic) bond motifs is 1. The van der Waals surface area contributed by atoms with Crippen LogP contribution >= 0.6 is 0 Å². The van der Waals surface area contributed by atoms with E-state index in [-0.39, 0.29) is 18.3 Å². The molecular formula is C24H30O11. The number of methoxy groups -OCH3 is 3. The van der Waals surface area contributed by atoms with Crippen molar-refractivity contribution in [1.29, 1.82) is 0 Å².